The molecule has 0 heterocycles. The molecule has 3 N–H and O–H groups in total. The second kappa shape index (κ2) is 3.59. The number of nitrogens with two attached hydrogens (primary N) is 1. The Morgan fingerprint density at radius 3 is 2.64 bits per heavy atom. The maximum Gasteiger partial charge on any atom is 0.328 e. The van der Waals surface area contributed by atoms with Crippen LogP contribution in [0.5, 0.6) is 0 Å². The molecule has 3 nitrogen and oxygen atoms in total. The van der Waals surface area contributed by atoms with Crippen molar-refractivity contribution in [3.8, 4) is 0 Å². The number of carboxylic acids is 1. The molecular formula is C10H12ClNO2. The molecule has 1 unspecified atom stereocenters. The van der Waals surface area contributed by atoms with Crippen molar-refractivity contribution in [1.82, 2.24) is 0 Å². The van der Waals surface area contributed by atoms with Crippen LogP contribution in [0.25, 0.3) is 0 Å². The molecule has 0 aliphatic heterocycles. The summed E-state index contributed by atoms with van der Waals surface area (Å²) in [6.45, 7) is 3.29. The zero-order valence-electron chi connectivity index (χ0n) is 8.04. The van der Waals surface area contributed by atoms with E-state index >= 15 is 0 Å². The van der Waals surface area contributed by atoms with Crippen molar-refractivity contribution < 1.29 is 9.90 Å². The highest BCUT2D eigenvalue weighted by Gasteiger charge is 2.32. The lowest BCUT2D eigenvalue weighted by atomic mass is 9.92. The zero-order valence-corrected chi connectivity index (χ0v) is 8.80. The maximum atomic E-state index is 10.9. The molecule has 1 aromatic carbocycles. The molecule has 0 fully saturated rings. The molecule has 0 amide bonds. The van der Waals surface area contributed by atoms with Crippen molar-refractivity contribution in [2.24, 2.45) is 5.73 Å². The predicted octanol–water partition coefficient (Wildman–Crippen LogP) is 1.91. The van der Waals surface area contributed by atoms with Gasteiger partial charge in [0, 0.05) is 10.6 Å². The first kappa shape index (κ1) is 11.0. The van der Waals surface area contributed by atoms with Crippen LogP contribution in [0.1, 0.15) is 18.1 Å². The van der Waals surface area contributed by atoms with Crippen molar-refractivity contribution in [3.63, 3.8) is 0 Å². The van der Waals surface area contributed by atoms with E-state index in [0.717, 1.165) is 5.56 Å². The minimum absolute atomic E-state index is 0.378. The fourth-order valence-electron chi connectivity index (χ4n) is 1.15. The first-order valence-electron chi connectivity index (χ1n) is 4.14. The standard InChI is InChI=1S/C10H12ClNO2/c1-6-3-4-8(11)7(5-6)10(2,12)9(13)14/h3-5H,12H2,1-2H3,(H,13,14). The fourth-order valence-corrected chi connectivity index (χ4v) is 1.47. The van der Waals surface area contributed by atoms with E-state index in [2.05, 4.69) is 0 Å². The van der Waals surface area contributed by atoms with E-state index in [0.29, 0.717) is 10.6 Å². The number of benzene rings is 1. The van der Waals surface area contributed by atoms with Crippen LogP contribution in [0.2, 0.25) is 5.02 Å². The molecule has 0 saturated carbocycles. The van der Waals surface area contributed by atoms with Gasteiger partial charge in [-0.3, -0.25) is 0 Å². The van der Waals surface area contributed by atoms with Crippen molar-refractivity contribution in [2.75, 3.05) is 0 Å². The summed E-state index contributed by atoms with van der Waals surface area (Å²) in [5.41, 5.74) is 5.59. The van der Waals surface area contributed by atoms with Crippen molar-refractivity contribution in [1.29, 1.82) is 0 Å². The molecular weight excluding hydrogens is 202 g/mol. The summed E-state index contributed by atoms with van der Waals surface area (Å²) in [5, 5.41) is 9.30. The van der Waals surface area contributed by atoms with E-state index < -0.39 is 11.5 Å². The van der Waals surface area contributed by atoms with Crippen LogP contribution in [0.15, 0.2) is 18.2 Å². The van der Waals surface area contributed by atoms with E-state index in [9.17, 15) is 4.79 Å². The topological polar surface area (TPSA) is 63.3 Å². The van der Waals surface area contributed by atoms with Gasteiger partial charge in [0.2, 0.25) is 0 Å². The quantitative estimate of drug-likeness (QED) is 0.789. The summed E-state index contributed by atoms with van der Waals surface area (Å²) in [4.78, 5) is 10.9. The SMILES string of the molecule is Cc1ccc(Cl)c(C(C)(N)C(=O)O)c1. The summed E-state index contributed by atoms with van der Waals surface area (Å²) in [6.07, 6.45) is 0. The van der Waals surface area contributed by atoms with Crippen LogP contribution in [-0.2, 0) is 10.3 Å². The molecule has 0 radical (unpaired) electrons. The van der Waals surface area contributed by atoms with Crippen LogP contribution in [0, 0.1) is 6.92 Å². The zero-order chi connectivity index (χ0) is 10.9. The molecule has 1 rings (SSSR count). The third kappa shape index (κ3) is 1.89. The van der Waals surface area contributed by atoms with Gasteiger partial charge in [-0.1, -0.05) is 29.3 Å². The molecule has 0 aromatic heterocycles. The Morgan fingerprint density at radius 1 is 1.57 bits per heavy atom. The first-order valence-corrected chi connectivity index (χ1v) is 4.52. The Hall–Kier alpha value is -1.06. The lowest BCUT2D eigenvalue weighted by Crippen LogP contribution is -2.42. The van der Waals surface area contributed by atoms with Gasteiger partial charge in [0.05, 0.1) is 0 Å². The average molecular weight is 214 g/mol. The number of aliphatic carboxylic acids is 1. The van der Waals surface area contributed by atoms with Gasteiger partial charge in [-0.25, -0.2) is 4.79 Å². The number of halogens is 1. The molecule has 4 heteroatoms. The number of hydrogen-bond acceptors (Lipinski definition) is 2. The number of carboxylic acid groups (broad SMARTS) is 1. The van der Waals surface area contributed by atoms with Gasteiger partial charge < -0.3 is 10.8 Å². The van der Waals surface area contributed by atoms with Gasteiger partial charge in [-0.2, -0.15) is 0 Å². The molecule has 14 heavy (non-hydrogen) atoms. The van der Waals surface area contributed by atoms with Crippen molar-refractivity contribution in [2.45, 2.75) is 19.4 Å². The Balaban J connectivity index is 3.31. The van der Waals surface area contributed by atoms with Crippen LogP contribution in [0.4, 0.5) is 0 Å². The van der Waals surface area contributed by atoms with Crippen molar-refractivity contribution in [3.05, 3.63) is 34.3 Å². The average Bonchev–Trinajstić information content (AvgIpc) is 2.08. The maximum absolute atomic E-state index is 10.9. The highest BCUT2D eigenvalue weighted by molar-refractivity contribution is 6.31. The molecule has 0 bridgehead atoms. The normalized spacial score (nSPS) is 14.9. The Labute approximate surface area is 87.5 Å². The molecule has 0 saturated heterocycles. The smallest absolute Gasteiger partial charge is 0.328 e. The van der Waals surface area contributed by atoms with Gasteiger partial charge in [0.1, 0.15) is 5.54 Å². The second-order valence-corrected chi connectivity index (χ2v) is 3.90. The van der Waals surface area contributed by atoms with Gasteiger partial charge in [0.15, 0.2) is 0 Å². The number of hydrogen-bond donors (Lipinski definition) is 2. The Morgan fingerprint density at radius 2 is 2.14 bits per heavy atom. The molecule has 0 spiro atoms. The molecule has 76 valence electrons. The van der Waals surface area contributed by atoms with Crippen LogP contribution < -0.4 is 5.73 Å². The summed E-state index contributed by atoms with van der Waals surface area (Å²) >= 11 is 5.88. The predicted molar refractivity (Wildman–Crippen MR) is 55.4 cm³/mol. The van der Waals surface area contributed by atoms with E-state index in [1.165, 1.54) is 6.92 Å². The molecule has 1 atom stereocenters. The van der Waals surface area contributed by atoms with E-state index in [4.69, 9.17) is 22.4 Å². The highest BCUT2D eigenvalue weighted by Crippen LogP contribution is 2.27. The Bertz CT molecular complexity index is 374. The fraction of sp³-hybridized carbons (Fsp3) is 0.300. The van der Waals surface area contributed by atoms with Gasteiger partial charge >= 0.3 is 5.97 Å². The first-order chi connectivity index (χ1) is 6.35. The second-order valence-electron chi connectivity index (χ2n) is 3.49. The molecule has 0 aliphatic carbocycles. The van der Waals surface area contributed by atoms with E-state index in [1.54, 1.807) is 12.1 Å². The van der Waals surface area contributed by atoms with E-state index in [-0.39, 0.29) is 0 Å². The largest absolute Gasteiger partial charge is 0.480 e. The van der Waals surface area contributed by atoms with Crippen LogP contribution in [-0.4, -0.2) is 11.1 Å². The van der Waals surface area contributed by atoms with Gasteiger partial charge in [-0.05, 0) is 19.9 Å². The van der Waals surface area contributed by atoms with E-state index in [1.807, 2.05) is 13.0 Å². The minimum Gasteiger partial charge on any atom is -0.480 e. The van der Waals surface area contributed by atoms with Crippen LogP contribution >= 0.6 is 11.6 Å². The lowest BCUT2D eigenvalue weighted by Gasteiger charge is -2.21. The summed E-state index contributed by atoms with van der Waals surface area (Å²) in [5.74, 6) is -1.09. The summed E-state index contributed by atoms with van der Waals surface area (Å²) in [6, 6.07) is 5.15. The van der Waals surface area contributed by atoms with Crippen LogP contribution in [0.3, 0.4) is 0 Å². The monoisotopic (exact) mass is 213 g/mol. The number of carbonyl (C=O) groups is 1. The number of rotatable bonds is 2. The minimum atomic E-state index is -1.44. The van der Waals surface area contributed by atoms with Crippen molar-refractivity contribution >= 4 is 17.6 Å². The third-order valence-corrected chi connectivity index (χ3v) is 2.46. The number of aryl methyl sites for hydroxylation is 1. The summed E-state index contributed by atoms with van der Waals surface area (Å²) < 4.78 is 0. The Kier molecular flexibility index (Phi) is 2.83. The lowest BCUT2D eigenvalue weighted by molar-refractivity contribution is -0.143. The van der Waals surface area contributed by atoms with Gasteiger partial charge in [-0.15, -0.1) is 0 Å². The summed E-state index contributed by atoms with van der Waals surface area (Å²) in [7, 11) is 0. The molecule has 0 aliphatic rings. The third-order valence-electron chi connectivity index (χ3n) is 2.13. The molecule has 1 aromatic rings. The highest BCUT2D eigenvalue weighted by atomic mass is 35.5. The van der Waals surface area contributed by atoms with Gasteiger partial charge in [0.25, 0.3) is 0 Å².